The molecular formula is C15H14BN3O2. The van der Waals surface area contributed by atoms with Gasteiger partial charge in [-0.15, -0.1) is 0 Å². The molecule has 3 rings (SSSR count). The molecule has 0 saturated carbocycles. The van der Waals surface area contributed by atoms with Crippen LogP contribution in [0, 0.1) is 6.57 Å². The minimum Gasteiger partial charge on any atom is -0.490 e. The molecule has 0 saturated heterocycles. The molecular weight excluding hydrogens is 265 g/mol. The lowest BCUT2D eigenvalue weighted by molar-refractivity contribution is 0.334. The number of pyridine rings is 1. The Hall–Kier alpha value is -2.52. The van der Waals surface area contributed by atoms with E-state index in [2.05, 4.69) is 34.1 Å². The number of hydrogen-bond acceptors (Lipinski definition) is 4. The Morgan fingerprint density at radius 2 is 2.24 bits per heavy atom. The maximum Gasteiger partial charge on any atom is 0.324 e. The first-order chi connectivity index (χ1) is 10.2. The lowest BCUT2D eigenvalue weighted by Gasteiger charge is -2.09. The smallest absolute Gasteiger partial charge is 0.324 e. The highest BCUT2D eigenvalue weighted by Crippen LogP contribution is 2.28. The standard InChI is InChI=1S/C15H14BN3O2/c1-16-12-5-4-11(8-10(12)9-21-16)18-14-7-6-13(17-2)15(19-14)20-3/h4-8H,9H2,1,3H3,(H,18,19). The molecule has 21 heavy (non-hydrogen) atoms. The number of aromatic nitrogens is 1. The highest BCUT2D eigenvalue weighted by molar-refractivity contribution is 6.67. The average Bonchev–Trinajstić information content (AvgIpc) is 2.88. The van der Waals surface area contributed by atoms with Crippen LogP contribution in [0.4, 0.5) is 17.2 Å². The second-order valence-electron chi connectivity index (χ2n) is 4.83. The summed E-state index contributed by atoms with van der Waals surface area (Å²) in [6, 6.07) is 9.60. The third-order valence-electron chi connectivity index (χ3n) is 3.50. The van der Waals surface area contributed by atoms with Crippen molar-refractivity contribution in [1.82, 2.24) is 4.98 Å². The van der Waals surface area contributed by atoms with E-state index in [9.17, 15) is 0 Å². The van der Waals surface area contributed by atoms with Gasteiger partial charge in [-0.25, -0.2) is 9.83 Å². The lowest BCUT2D eigenvalue weighted by Crippen LogP contribution is -2.23. The molecule has 6 heteroatoms. The van der Waals surface area contributed by atoms with Gasteiger partial charge in [-0.2, -0.15) is 0 Å². The summed E-state index contributed by atoms with van der Waals surface area (Å²) in [7, 11) is 1.51. The number of nitrogens with one attached hydrogen (secondary N) is 1. The molecule has 0 aliphatic carbocycles. The average molecular weight is 279 g/mol. The predicted molar refractivity (Wildman–Crippen MR) is 82.8 cm³/mol. The van der Waals surface area contributed by atoms with Crippen molar-refractivity contribution in [2.24, 2.45) is 0 Å². The van der Waals surface area contributed by atoms with Gasteiger partial charge in [-0.1, -0.05) is 12.9 Å². The van der Waals surface area contributed by atoms with Crippen molar-refractivity contribution >= 4 is 29.6 Å². The van der Waals surface area contributed by atoms with E-state index in [-0.39, 0.29) is 6.92 Å². The molecule has 2 aromatic rings. The highest BCUT2D eigenvalue weighted by atomic mass is 16.5. The van der Waals surface area contributed by atoms with Crippen LogP contribution in [-0.4, -0.2) is 19.0 Å². The van der Waals surface area contributed by atoms with Crippen LogP contribution in [0.2, 0.25) is 6.82 Å². The van der Waals surface area contributed by atoms with E-state index in [1.807, 2.05) is 6.07 Å². The second-order valence-corrected chi connectivity index (χ2v) is 4.83. The van der Waals surface area contributed by atoms with E-state index >= 15 is 0 Å². The molecule has 1 aromatic heterocycles. The Morgan fingerprint density at radius 1 is 1.38 bits per heavy atom. The minimum absolute atomic E-state index is 0.158. The summed E-state index contributed by atoms with van der Waals surface area (Å²) >= 11 is 0. The number of benzene rings is 1. The summed E-state index contributed by atoms with van der Waals surface area (Å²) in [5, 5.41) is 3.22. The summed E-state index contributed by atoms with van der Waals surface area (Å²) in [6.45, 7) is 9.90. The zero-order valence-electron chi connectivity index (χ0n) is 11.9. The van der Waals surface area contributed by atoms with Crippen LogP contribution in [0.1, 0.15) is 5.56 Å². The molecule has 0 amide bonds. The van der Waals surface area contributed by atoms with Crippen molar-refractivity contribution in [3.8, 4) is 5.88 Å². The summed E-state index contributed by atoms with van der Waals surface area (Å²) in [6.07, 6.45) is 0. The number of nitrogens with zero attached hydrogens (tertiary/aromatic N) is 2. The zero-order chi connectivity index (χ0) is 14.8. The van der Waals surface area contributed by atoms with Crippen LogP contribution >= 0.6 is 0 Å². The Labute approximate surface area is 123 Å². The first-order valence-corrected chi connectivity index (χ1v) is 6.65. The number of ether oxygens (including phenoxy) is 1. The Balaban J connectivity index is 1.86. The van der Waals surface area contributed by atoms with Crippen molar-refractivity contribution in [1.29, 1.82) is 0 Å². The van der Waals surface area contributed by atoms with Gasteiger partial charge in [0.25, 0.3) is 0 Å². The first-order valence-electron chi connectivity index (χ1n) is 6.65. The van der Waals surface area contributed by atoms with Gasteiger partial charge in [0, 0.05) is 5.69 Å². The monoisotopic (exact) mass is 279 g/mol. The van der Waals surface area contributed by atoms with Crippen molar-refractivity contribution in [3.63, 3.8) is 0 Å². The molecule has 0 bridgehead atoms. The summed E-state index contributed by atoms with van der Waals surface area (Å²) < 4.78 is 10.7. The van der Waals surface area contributed by atoms with Gasteiger partial charge in [0.2, 0.25) is 11.6 Å². The number of rotatable bonds is 3. The van der Waals surface area contributed by atoms with Crippen molar-refractivity contribution < 1.29 is 9.39 Å². The molecule has 0 unspecified atom stereocenters. The van der Waals surface area contributed by atoms with Gasteiger partial charge in [0.1, 0.15) is 5.82 Å². The van der Waals surface area contributed by atoms with Crippen LogP contribution in [-0.2, 0) is 11.3 Å². The van der Waals surface area contributed by atoms with Crippen LogP contribution in [0.5, 0.6) is 5.88 Å². The van der Waals surface area contributed by atoms with Gasteiger partial charge < -0.3 is 14.7 Å². The quantitative estimate of drug-likeness (QED) is 0.693. The van der Waals surface area contributed by atoms with Gasteiger partial charge >= 0.3 is 6.92 Å². The van der Waals surface area contributed by atoms with Crippen LogP contribution in [0.25, 0.3) is 4.85 Å². The van der Waals surface area contributed by atoms with Gasteiger partial charge in [-0.05, 0) is 35.3 Å². The topological polar surface area (TPSA) is 47.7 Å². The van der Waals surface area contributed by atoms with E-state index in [0.717, 1.165) is 5.69 Å². The van der Waals surface area contributed by atoms with Crippen molar-refractivity contribution in [2.75, 3.05) is 12.4 Å². The molecule has 0 fully saturated rings. The third-order valence-corrected chi connectivity index (χ3v) is 3.50. The molecule has 2 heterocycles. The maximum absolute atomic E-state index is 7.05. The molecule has 0 spiro atoms. The maximum atomic E-state index is 7.05. The van der Waals surface area contributed by atoms with Gasteiger partial charge in [0.05, 0.1) is 20.3 Å². The predicted octanol–water partition coefficient (Wildman–Crippen LogP) is 2.74. The fraction of sp³-hybridized carbons (Fsp3) is 0.200. The second kappa shape index (κ2) is 5.47. The molecule has 0 atom stereocenters. The number of hydrogen-bond donors (Lipinski definition) is 1. The molecule has 1 aliphatic heterocycles. The van der Waals surface area contributed by atoms with Crippen molar-refractivity contribution in [2.45, 2.75) is 13.4 Å². The summed E-state index contributed by atoms with van der Waals surface area (Å²) in [5.41, 5.74) is 3.77. The largest absolute Gasteiger partial charge is 0.490 e. The number of methoxy groups -OCH3 is 1. The molecule has 0 radical (unpaired) electrons. The van der Waals surface area contributed by atoms with Crippen LogP contribution in [0.3, 0.4) is 0 Å². The molecule has 1 N–H and O–H groups in total. The zero-order valence-corrected chi connectivity index (χ0v) is 11.9. The minimum atomic E-state index is 0.158. The van der Waals surface area contributed by atoms with Crippen LogP contribution < -0.4 is 15.5 Å². The molecule has 1 aromatic carbocycles. The Kier molecular flexibility index (Phi) is 3.51. The van der Waals surface area contributed by atoms with Gasteiger partial charge in [0.15, 0.2) is 0 Å². The third kappa shape index (κ3) is 2.56. The SMILES string of the molecule is [C-]#[N+]c1ccc(Nc2ccc3c(c2)COB3C)nc1OC. The van der Waals surface area contributed by atoms with E-state index in [0.29, 0.717) is 24.0 Å². The number of anilines is 2. The van der Waals surface area contributed by atoms with E-state index in [4.69, 9.17) is 16.0 Å². The Bertz CT molecular complexity index is 727. The Morgan fingerprint density at radius 3 is 3.00 bits per heavy atom. The number of fused-ring (bicyclic) bond motifs is 1. The molecule has 5 nitrogen and oxygen atoms in total. The van der Waals surface area contributed by atoms with Gasteiger partial charge in [-0.3, -0.25) is 0 Å². The highest BCUT2D eigenvalue weighted by Gasteiger charge is 2.23. The van der Waals surface area contributed by atoms with E-state index in [1.165, 1.54) is 18.1 Å². The molecule has 1 aliphatic rings. The molecule has 104 valence electrons. The van der Waals surface area contributed by atoms with Crippen molar-refractivity contribution in [3.05, 3.63) is 47.3 Å². The van der Waals surface area contributed by atoms with Crippen LogP contribution in [0.15, 0.2) is 30.3 Å². The summed E-state index contributed by atoms with van der Waals surface area (Å²) in [4.78, 5) is 7.65. The first kappa shape index (κ1) is 13.5. The fourth-order valence-corrected chi connectivity index (χ4v) is 2.40. The van der Waals surface area contributed by atoms with E-state index < -0.39 is 0 Å². The fourth-order valence-electron chi connectivity index (χ4n) is 2.40. The normalized spacial score (nSPS) is 12.7. The lowest BCUT2D eigenvalue weighted by atomic mass is 9.64. The summed E-state index contributed by atoms with van der Waals surface area (Å²) in [5.74, 6) is 0.972. The van der Waals surface area contributed by atoms with E-state index in [1.54, 1.807) is 12.1 Å².